The number of hydrogen-bond donors (Lipinski definition) is 0. The third-order valence-electron chi connectivity index (χ3n) is 3.53. The summed E-state index contributed by atoms with van der Waals surface area (Å²) in [7, 11) is 0. The van der Waals surface area contributed by atoms with Gasteiger partial charge in [0.1, 0.15) is 0 Å². The molecule has 0 amide bonds. The Hall–Kier alpha value is 0. The lowest BCUT2D eigenvalue weighted by atomic mass is 9.74. The fraction of sp³-hybridized carbons (Fsp3) is 1.00. The number of rotatable bonds is 8. The van der Waals surface area contributed by atoms with Gasteiger partial charge in [-0.3, -0.25) is 0 Å². The van der Waals surface area contributed by atoms with Crippen LogP contribution in [0.25, 0.3) is 0 Å². The van der Waals surface area contributed by atoms with Crippen molar-refractivity contribution < 1.29 is 0 Å². The lowest BCUT2D eigenvalue weighted by Crippen LogP contribution is -2.19. The molecule has 0 spiro atoms. The average Bonchev–Trinajstić information content (AvgIpc) is 2.15. The zero-order chi connectivity index (χ0) is 11.0. The van der Waals surface area contributed by atoms with E-state index in [1.54, 1.807) is 0 Å². The molecule has 2 atom stereocenters. The monoisotopic (exact) mass is 198 g/mol. The van der Waals surface area contributed by atoms with Crippen LogP contribution in [-0.4, -0.2) is 0 Å². The molecule has 0 heteroatoms. The first-order valence-electron chi connectivity index (χ1n) is 6.58. The third kappa shape index (κ3) is 5.67. The van der Waals surface area contributed by atoms with Crippen LogP contribution in [0.4, 0.5) is 0 Å². The predicted octanol–water partition coefficient (Wildman–Crippen LogP) is 5.42. The lowest BCUT2D eigenvalue weighted by molar-refractivity contribution is 0.200. The van der Waals surface area contributed by atoms with Crippen LogP contribution in [0.3, 0.4) is 0 Å². The number of unbranched alkanes of at least 4 members (excludes halogenated alkanes) is 1. The Bertz CT molecular complexity index is 128. The molecule has 0 rings (SSSR count). The van der Waals surface area contributed by atoms with Crippen LogP contribution in [0.2, 0.25) is 0 Å². The maximum absolute atomic E-state index is 2.50. The molecule has 2 unspecified atom stereocenters. The van der Waals surface area contributed by atoms with Crippen molar-refractivity contribution in [2.75, 3.05) is 0 Å². The Kier molecular flexibility index (Phi) is 7.31. The molecule has 0 nitrogen and oxygen atoms in total. The van der Waals surface area contributed by atoms with Crippen LogP contribution >= 0.6 is 0 Å². The van der Waals surface area contributed by atoms with E-state index in [0.717, 1.165) is 5.92 Å². The van der Waals surface area contributed by atoms with Crippen molar-refractivity contribution in [1.29, 1.82) is 0 Å². The molecule has 0 heterocycles. The van der Waals surface area contributed by atoms with Crippen molar-refractivity contribution in [1.82, 2.24) is 0 Å². The number of hydrogen-bond acceptors (Lipinski definition) is 0. The topological polar surface area (TPSA) is 0 Å². The van der Waals surface area contributed by atoms with Crippen molar-refractivity contribution >= 4 is 0 Å². The van der Waals surface area contributed by atoms with Gasteiger partial charge in [-0.05, 0) is 30.6 Å². The van der Waals surface area contributed by atoms with E-state index in [4.69, 9.17) is 0 Å². The summed E-state index contributed by atoms with van der Waals surface area (Å²) in [5.74, 6) is 0.906. The Labute approximate surface area is 91.5 Å². The van der Waals surface area contributed by atoms with Crippen LogP contribution in [0.5, 0.6) is 0 Å². The van der Waals surface area contributed by atoms with Crippen molar-refractivity contribution in [3.8, 4) is 0 Å². The van der Waals surface area contributed by atoms with E-state index in [9.17, 15) is 0 Å². The van der Waals surface area contributed by atoms with E-state index in [1.807, 2.05) is 0 Å². The van der Waals surface area contributed by atoms with Crippen LogP contribution < -0.4 is 0 Å². The zero-order valence-electron chi connectivity index (χ0n) is 11.0. The molecule has 0 saturated heterocycles. The van der Waals surface area contributed by atoms with Crippen molar-refractivity contribution in [2.24, 2.45) is 11.3 Å². The van der Waals surface area contributed by atoms with Gasteiger partial charge < -0.3 is 0 Å². The summed E-state index contributed by atoms with van der Waals surface area (Å²) in [5.41, 5.74) is 0.625. The van der Waals surface area contributed by atoms with Gasteiger partial charge in [-0.25, -0.2) is 0 Å². The highest BCUT2D eigenvalue weighted by Gasteiger charge is 2.24. The summed E-state index contributed by atoms with van der Waals surface area (Å²) in [4.78, 5) is 0. The Morgan fingerprint density at radius 3 is 2.07 bits per heavy atom. The second-order valence-corrected chi connectivity index (χ2v) is 5.38. The Morgan fingerprint density at radius 1 is 1.00 bits per heavy atom. The normalized spacial score (nSPS) is 17.8. The van der Waals surface area contributed by atoms with Gasteiger partial charge in [0.2, 0.25) is 0 Å². The smallest absolute Gasteiger partial charge is 0.0323 e. The largest absolute Gasteiger partial charge is 0.0654 e. The summed E-state index contributed by atoms with van der Waals surface area (Å²) in [6.45, 7) is 11.8. The van der Waals surface area contributed by atoms with Gasteiger partial charge in [-0.15, -0.1) is 0 Å². The Morgan fingerprint density at radius 2 is 1.64 bits per heavy atom. The predicted molar refractivity (Wildman–Crippen MR) is 66.6 cm³/mol. The molecule has 0 aromatic carbocycles. The van der Waals surface area contributed by atoms with Crippen LogP contribution in [0.1, 0.15) is 79.6 Å². The molecule has 0 bridgehead atoms. The molecule has 0 radical (unpaired) electrons. The maximum atomic E-state index is 2.50. The van der Waals surface area contributed by atoms with Crippen molar-refractivity contribution in [3.63, 3.8) is 0 Å². The zero-order valence-corrected chi connectivity index (χ0v) is 11.0. The quantitative estimate of drug-likeness (QED) is 0.488. The van der Waals surface area contributed by atoms with E-state index in [0.29, 0.717) is 5.41 Å². The fourth-order valence-corrected chi connectivity index (χ4v) is 2.52. The molecule has 0 saturated carbocycles. The highest BCUT2D eigenvalue weighted by atomic mass is 14.3. The highest BCUT2D eigenvalue weighted by Crippen LogP contribution is 2.37. The van der Waals surface area contributed by atoms with Crippen molar-refractivity contribution in [2.45, 2.75) is 79.6 Å². The van der Waals surface area contributed by atoms with Crippen LogP contribution in [0.15, 0.2) is 0 Å². The van der Waals surface area contributed by atoms with Gasteiger partial charge >= 0.3 is 0 Å². The molecule has 0 aromatic heterocycles. The first-order chi connectivity index (χ1) is 6.58. The van der Waals surface area contributed by atoms with Gasteiger partial charge in [0, 0.05) is 0 Å². The molecule has 86 valence electrons. The molecule has 0 N–H and O–H groups in total. The maximum Gasteiger partial charge on any atom is -0.0323 e. The summed E-state index contributed by atoms with van der Waals surface area (Å²) in [6, 6.07) is 0. The standard InChI is InChI=1S/C14H30/c1-6-9-11-14(5,10-7-2)12-13(4)8-3/h13H,6-12H2,1-5H3. The molecule has 0 aromatic rings. The minimum absolute atomic E-state index is 0.625. The first-order valence-corrected chi connectivity index (χ1v) is 6.58. The second-order valence-electron chi connectivity index (χ2n) is 5.38. The van der Waals surface area contributed by atoms with Gasteiger partial charge in [-0.2, -0.15) is 0 Å². The third-order valence-corrected chi connectivity index (χ3v) is 3.53. The van der Waals surface area contributed by atoms with Gasteiger partial charge in [0.05, 0.1) is 0 Å². The summed E-state index contributed by atoms with van der Waals surface area (Å²) in [6.07, 6.45) is 9.71. The highest BCUT2D eigenvalue weighted by molar-refractivity contribution is 4.76. The molecular weight excluding hydrogens is 168 g/mol. The molecule has 14 heavy (non-hydrogen) atoms. The molecule has 0 aliphatic carbocycles. The minimum atomic E-state index is 0.625. The molecule has 0 aliphatic rings. The summed E-state index contributed by atoms with van der Waals surface area (Å²) >= 11 is 0. The van der Waals surface area contributed by atoms with E-state index in [1.165, 1.54) is 44.9 Å². The first kappa shape index (κ1) is 14.0. The van der Waals surface area contributed by atoms with Crippen molar-refractivity contribution in [3.05, 3.63) is 0 Å². The Balaban J connectivity index is 4.07. The van der Waals surface area contributed by atoms with E-state index in [-0.39, 0.29) is 0 Å². The van der Waals surface area contributed by atoms with Gasteiger partial charge in [0.15, 0.2) is 0 Å². The molecular formula is C14H30. The van der Waals surface area contributed by atoms with Crippen LogP contribution in [-0.2, 0) is 0 Å². The SMILES string of the molecule is CCCCC(C)(CCC)CC(C)CC. The molecule has 0 fully saturated rings. The fourth-order valence-electron chi connectivity index (χ4n) is 2.52. The minimum Gasteiger partial charge on any atom is -0.0654 e. The van der Waals surface area contributed by atoms with E-state index < -0.39 is 0 Å². The van der Waals surface area contributed by atoms with E-state index in [2.05, 4.69) is 34.6 Å². The summed E-state index contributed by atoms with van der Waals surface area (Å²) < 4.78 is 0. The van der Waals surface area contributed by atoms with Gasteiger partial charge in [-0.1, -0.05) is 60.3 Å². The lowest BCUT2D eigenvalue weighted by Gasteiger charge is -2.32. The van der Waals surface area contributed by atoms with Crippen LogP contribution in [0, 0.1) is 11.3 Å². The average molecular weight is 198 g/mol. The summed E-state index contributed by atoms with van der Waals surface area (Å²) in [5, 5.41) is 0. The van der Waals surface area contributed by atoms with E-state index >= 15 is 0 Å². The molecule has 0 aliphatic heterocycles. The van der Waals surface area contributed by atoms with Gasteiger partial charge in [0.25, 0.3) is 0 Å². The second kappa shape index (κ2) is 7.31.